The SMILES string of the molecule is COCN(c1nc(OC[C@H](N)CC(C)(C)C)cc(-c2c(C)cccc2C)n1)S(=O)(=O)c1cccc(C(=O)O)c1.Cl. The van der Waals surface area contributed by atoms with Crippen molar-refractivity contribution < 1.29 is 27.8 Å². The third kappa shape index (κ3) is 8.14. The van der Waals surface area contributed by atoms with Crippen molar-refractivity contribution in [2.45, 2.75) is 52.0 Å². The molecule has 1 heterocycles. The van der Waals surface area contributed by atoms with Gasteiger partial charge < -0.3 is 20.3 Å². The van der Waals surface area contributed by atoms with Gasteiger partial charge in [-0.25, -0.2) is 22.5 Å². The number of halogens is 1. The molecule has 12 heteroatoms. The van der Waals surface area contributed by atoms with E-state index < -0.39 is 22.7 Å². The number of hydrogen-bond acceptors (Lipinski definition) is 8. The van der Waals surface area contributed by atoms with Crippen molar-refractivity contribution in [1.29, 1.82) is 0 Å². The van der Waals surface area contributed by atoms with Crippen LogP contribution in [0.1, 0.15) is 48.7 Å². The minimum Gasteiger partial charge on any atom is -0.478 e. The zero-order chi connectivity index (χ0) is 29.0. The van der Waals surface area contributed by atoms with Crippen LogP contribution in [-0.4, -0.2) is 56.0 Å². The van der Waals surface area contributed by atoms with Gasteiger partial charge in [0.15, 0.2) is 0 Å². The molecule has 0 fully saturated rings. The second-order valence-electron chi connectivity index (χ2n) is 10.6. The number of carboxylic acid groups (broad SMARTS) is 1. The number of nitrogens with two attached hydrogens (primary N) is 1. The van der Waals surface area contributed by atoms with Crippen molar-refractivity contribution in [2.75, 3.05) is 24.8 Å². The Balaban J connectivity index is 0.00000560. The molecule has 0 radical (unpaired) electrons. The molecule has 0 saturated carbocycles. The van der Waals surface area contributed by atoms with Gasteiger partial charge >= 0.3 is 5.97 Å². The van der Waals surface area contributed by atoms with E-state index in [9.17, 15) is 18.3 Å². The number of anilines is 1. The first-order chi connectivity index (χ1) is 18.2. The van der Waals surface area contributed by atoms with Crippen LogP contribution in [0, 0.1) is 19.3 Å². The molecule has 218 valence electrons. The lowest BCUT2D eigenvalue weighted by Gasteiger charge is -2.24. The Morgan fingerprint density at radius 1 is 1.07 bits per heavy atom. The van der Waals surface area contributed by atoms with E-state index >= 15 is 0 Å². The quantitative estimate of drug-likeness (QED) is 0.299. The van der Waals surface area contributed by atoms with E-state index in [0.717, 1.165) is 27.1 Å². The molecule has 0 spiro atoms. The lowest BCUT2D eigenvalue weighted by atomic mass is 9.89. The molecule has 0 aliphatic carbocycles. The maximum absolute atomic E-state index is 13.7. The lowest BCUT2D eigenvalue weighted by molar-refractivity contribution is 0.0696. The fourth-order valence-corrected chi connectivity index (χ4v) is 5.57. The molecule has 1 atom stereocenters. The minimum atomic E-state index is -4.32. The number of nitrogens with zero attached hydrogens (tertiary/aromatic N) is 3. The first-order valence-corrected chi connectivity index (χ1v) is 13.9. The van der Waals surface area contributed by atoms with Crippen molar-refractivity contribution in [1.82, 2.24) is 9.97 Å². The van der Waals surface area contributed by atoms with Gasteiger partial charge in [-0.05, 0) is 55.0 Å². The largest absolute Gasteiger partial charge is 0.478 e. The average Bonchev–Trinajstić information content (AvgIpc) is 2.85. The van der Waals surface area contributed by atoms with E-state index in [2.05, 4.69) is 30.7 Å². The van der Waals surface area contributed by atoms with E-state index in [1.54, 1.807) is 6.07 Å². The number of ether oxygens (including phenoxy) is 2. The molecule has 0 aliphatic rings. The number of sulfonamides is 1. The molecule has 0 unspecified atom stereocenters. The van der Waals surface area contributed by atoms with Crippen LogP contribution >= 0.6 is 12.4 Å². The summed E-state index contributed by atoms with van der Waals surface area (Å²) in [7, 11) is -2.98. The van der Waals surface area contributed by atoms with Gasteiger partial charge in [-0.15, -0.1) is 12.4 Å². The number of aryl methyl sites for hydroxylation is 2. The Morgan fingerprint density at radius 3 is 2.27 bits per heavy atom. The Bertz CT molecular complexity index is 1420. The Morgan fingerprint density at radius 2 is 1.70 bits per heavy atom. The number of rotatable bonds is 11. The number of methoxy groups -OCH3 is 1. The van der Waals surface area contributed by atoms with E-state index in [1.165, 1.54) is 25.3 Å². The Hall–Kier alpha value is -3.25. The molecule has 0 bridgehead atoms. The number of aromatic nitrogens is 2. The molecule has 40 heavy (non-hydrogen) atoms. The number of aromatic carboxylic acids is 1. The summed E-state index contributed by atoms with van der Waals surface area (Å²) in [6, 6.07) is 12.2. The summed E-state index contributed by atoms with van der Waals surface area (Å²) < 4.78 is 39.5. The van der Waals surface area contributed by atoms with Crippen LogP contribution in [0.4, 0.5) is 5.95 Å². The highest BCUT2D eigenvalue weighted by Crippen LogP contribution is 2.31. The molecule has 0 amide bonds. The normalized spacial score (nSPS) is 12.4. The van der Waals surface area contributed by atoms with E-state index in [0.29, 0.717) is 12.1 Å². The molecule has 2 aromatic carbocycles. The molecule has 3 N–H and O–H groups in total. The maximum Gasteiger partial charge on any atom is 0.335 e. The van der Waals surface area contributed by atoms with Crippen LogP contribution in [0.5, 0.6) is 5.88 Å². The van der Waals surface area contributed by atoms with E-state index in [1.807, 2.05) is 32.0 Å². The van der Waals surface area contributed by atoms with Gasteiger partial charge in [0.05, 0.1) is 16.2 Å². The van der Waals surface area contributed by atoms with Gasteiger partial charge in [0, 0.05) is 24.8 Å². The first kappa shape index (κ1) is 33.0. The second-order valence-corrected chi connectivity index (χ2v) is 12.5. The molecule has 10 nitrogen and oxygen atoms in total. The molecule has 3 aromatic rings. The summed E-state index contributed by atoms with van der Waals surface area (Å²) in [6.07, 6.45) is 0.707. The minimum absolute atomic E-state index is 0. The zero-order valence-corrected chi connectivity index (χ0v) is 25.2. The summed E-state index contributed by atoms with van der Waals surface area (Å²) in [4.78, 5) is 20.3. The topological polar surface area (TPSA) is 145 Å². The molecule has 0 saturated heterocycles. The standard InChI is InChI=1S/C28H36N4O6S.ClH/c1-18-9-7-10-19(2)25(18)23-14-24(38-16-21(29)15-28(3,4)5)31-27(30-23)32(17-37-6)39(35,36)22-12-8-11-20(13-22)26(33)34;/h7-14,21H,15-17,29H2,1-6H3,(H,33,34);1H/t21-;/m1./s1. The van der Waals surface area contributed by atoms with Crippen LogP contribution in [0.25, 0.3) is 11.3 Å². The Labute approximate surface area is 242 Å². The van der Waals surface area contributed by atoms with Crippen molar-refractivity contribution >= 4 is 34.3 Å². The van der Waals surface area contributed by atoms with Crippen LogP contribution in [0.2, 0.25) is 0 Å². The van der Waals surface area contributed by atoms with Crippen molar-refractivity contribution in [3.05, 3.63) is 65.2 Å². The van der Waals surface area contributed by atoms with Gasteiger partial charge in [0.1, 0.15) is 13.3 Å². The number of benzene rings is 2. The van der Waals surface area contributed by atoms with Gasteiger partial charge in [-0.3, -0.25) is 0 Å². The predicted octanol–water partition coefficient (Wildman–Crippen LogP) is 4.82. The highest BCUT2D eigenvalue weighted by atomic mass is 35.5. The fourth-order valence-electron chi connectivity index (χ4n) is 4.25. The summed E-state index contributed by atoms with van der Waals surface area (Å²) in [5.41, 5.74) is 9.26. The smallest absolute Gasteiger partial charge is 0.335 e. The second kappa shape index (κ2) is 13.4. The number of carboxylic acids is 1. The average molecular weight is 593 g/mol. The third-order valence-corrected chi connectivity index (χ3v) is 7.59. The van der Waals surface area contributed by atoms with E-state index in [4.69, 9.17) is 15.2 Å². The summed E-state index contributed by atoms with van der Waals surface area (Å²) in [6.45, 7) is 9.87. The molecule has 0 aliphatic heterocycles. The van der Waals surface area contributed by atoms with Crippen molar-refractivity contribution in [3.63, 3.8) is 0 Å². The van der Waals surface area contributed by atoms with Crippen LogP contribution in [-0.2, 0) is 14.8 Å². The molecule has 3 rings (SSSR count). The summed E-state index contributed by atoms with van der Waals surface area (Å²) in [5, 5.41) is 9.37. The summed E-state index contributed by atoms with van der Waals surface area (Å²) >= 11 is 0. The predicted molar refractivity (Wildman–Crippen MR) is 157 cm³/mol. The summed E-state index contributed by atoms with van der Waals surface area (Å²) in [5.74, 6) is -1.28. The van der Waals surface area contributed by atoms with Crippen LogP contribution in [0.15, 0.2) is 53.4 Å². The lowest BCUT2D eigenvalue weighted by Crippen LogP contribution is -2.35. The monoisotopic (exact) mass is 592 g/mol. The molecule has 1 aromatic heterocycles. The fraction of sp³-hybridized carbons (Fsp3) is 0.393. The van der Waals surface area contributed by atoms with Gasteiger partial charge in [0.2, 0.25) is 11.8 Å². The van der Waals surface area contributed by atoms with Gasteiger partial charge in [-0.2, -0.15) is 4.98 Å². The van der Waals surface area contributed by atoms with Crippen molar-refractivity contribution in [3.8, 4) is 17.1 Å². The third-order valence-electron chi connectivity index (χ3n) is 5.89. The highest BCUT2D eigenvalue weighted by molar-refractivity contribution is 7.92. The van der Waals surface area contributed by atoms with Gasteiger partial charge in [0.25, 0.3) is 10.0 Å². The molecular weight excluding hydrogens is 556 g/mol. The van der Waals surface area contributed by atoms with Crippen LogP contribution < -0.4 is 14.8 Å². The maximum atomic E-state index is 13.7. The number of carbonyl (C=O) groups is 1. The number of hydrogen-bond donors (Lipinski definition) is 2. The van der Waals surface area contributed by atoms with E-state index in [-0.39, 0.29) is 52.8 Å². The zero-order valence-electron chi connectivity index (χ0n) is 23.5. The molecular formula is C28H37ClN4O6S. The highest BCUT2D eigenvalue weighted by Gasteiger charge is 2.29. The van der Waals surface area contributed by atoms with Gasteiger partial charge in [-0.1, -0.05) is 45.0 Å². The van der Waals surface area contributed by atoms with Crippen LogP contribution in [0.3, 0.4) is 0 Å². The first-order valence-electron chi connectivity index (χ1n) is 12.4. The van der Waals surface area contributed by atoms with Crippen molar-refractivity contribution in [2.24, 2.45) is 11.1 Å². The Kier molecular flexibility index (Phi) is 11.0.